The number of hydrogen-bond donors (Lipinski definition) is 0. The highest BCUT2D eigenvalue weighted by molar-refractivity contribution is 5.90. The molecule has 4 nitrogen and oxygen atoms in total. The van der Waals surface area contributed by atoms with Crippen molar-refractivity contribution in [1.82, 2.24) is 0 Å². The van der Waals surface area contributed by atoms with E-state index >= 15 is 0 Å². The van der Waals surface area contributed by atoms with E-state index in [4.69, 9.17) is 14.2 Å². The van der Waals surface area contributed by atoms with Crippen LogP contribution < -0.4 is 19.1 Å². The Morgan fingerprint density at radius 1 is 0.760 bits per heavy atom. The number of benzene rings is 3. The van der Waals surface area contributed by atoms with Crippen LogP contribution in [0, 0.1) is 6.92 Å². The summed E-state index contributed by atoms with van der Waals surface area (Å²) < 4.78 is 17.5. The van der Waals surface area contributed by atoms with Crippen LogP contribution in [0.3, 0.4) is 0 Å². The molecule has 0 atom stereocenters. The van der Waals surface area contributed by atoms with Crippen molar-refractivity contribution in [3.8, 4) is 23.0 Å². The van der Waals surface area contributed by atoms with Crippen LogP contribution in [-0.4, -0.2) is 14.2 Å². The number of ether oxygens (including phenoxy) is 3. The number of aryl methyl sites for hydroxylation is 1. The quantitative estimate of drug-likeness (QED) is 0.489. The average molecular weight is 333 g/mol. The molecule has 1 aliphatic rings. The maximum absolute atomic E-state index is 6.08. The van der Waals surface area contributed by atoms with Gasteiger partial charge in [0.25, 0.3) is 0 Å². The van der Waals surface area contributed by atoms with Crippen LogP contribution in [0.5, 0.6) is 23.0 Å². The van der Waals surface area contributed by atoms with Crippen LogP contribution >= 0.6 is 0 Å². The first-order chi connectivity index (χ1) is 12.2. The van der Waals surface area contributed by atoms with Gasteiger partial charge in [-0.15, -0.1) is 0 Å². The van der Waals surface area contributed by atoms with E-state index in [0.717, 1.165) is 45.6 Å². The number of fused-ring (bicyclic) bond motifs is 2. The molecule has 4 heteroatoms. The molecular formula is C21H19NO3. The number of rotatable bonds is 3. The first-order valence-corrected chi connectivity index (χ1v) is 8.11. The van der Waals surface area contributed by atoms with E-state index in [2.05, 4.69) is 4.90 Å². The highest BCUT2D eigenvalue weighted by atomic mass is 16.5. The predicted molar refractivity (Wildman–Crippen MR) is 99.0 cm³/mol. The summed E-state index contributed by atoms with van der Waals surface area (Å²) in [5.74, 6) is 3.10. The summed E-state index contributed by atoms with van der Waals surface area (Å²) in [7, 11) is 3.35. The van der Waals surface area contributed by atoms with Crippen molar-refractivity contribution in [3.05, 3.63) is 66.2 Å². The fraction of sp³-hybridized carbons (Fsp3) is 0.143. The first kappa shape index (κ1) is 15.4. The lowest BCUT2D eigenvalue weighted by Gasteiger charge is -2.34. The van der Waals surface area contributed by atoms with Crippen molar-refractivity contribution in [1.29, 1.82) is 0 Å². The molecule has 0 aromatic heterocycles. The molecule has 0 amide bonds. The van der Waals surface area contributed by atoms with E-state index in [9.17, 15) is 0 Å². The fourth-order valence-electron chi connectivity index (χ4n) is 3.19. The maximum Gasteiger partial charge on any atom is 0.151 e. The van der Waals surface area contributed by atoms with Gasteiger partial charge in [-0.05, 0) is 48.9 Å². The van der Waals surface area contributed by atoms with Gasteiger partial charge < -0.3 is 14.2 Å². The molecule has 0 bridgehead atoms. The molecule has 4 rings (SSSR count). The molecular weight excluding hydrogens is 314 g/mol. The molecule has 25 heavy (non-hydrogen) atoms. The van der Waals surface area contributed by atoms with Gasteiger partial charge in [-0.3, -0.25) is 4.90 Å². The van der Waals surface area contributed by atoms with Crippen LogP contribution in [0.2, 0.25) is 0 Å². The van der Waals surface area contributed by atoms with Crippen molar-refractivity contribution in [2.75, 3.05) is 19.1 Å². The van der Waals surface area contributed by atoms with Gasteiger partial charge in [-0.2, -0.15) is 0 Å². The number of nitrogens with zero attached hydrogens (tertiary/aromatic N) is 1. The standard InChI is InChI=1S/C21H19NO3/c1-14-12-19(23-2)21(20(13-14)24-3)22-15-8-4-6-10-17(15)25-18-11-7-5-9-16(18)22/h4-13H,1-3H3. The zero-order valence-electron chi connectivity index (χ0n) is 14.4. The summed E-state index contributed by atoms with van der Waals surface area (Å²) in [6.07, 6.45) is 0. The Morgan fingerprint density at radius 3 is 1.72 bits per heavy atom. The van der Waals surface area contributed by atoms with Gasteiger partial charge in [0.05, 0.1) is 25.6 Å². The zero-order chi connectivity index (χ0) is 17.4. The van der Waals surface area contributed by atoms with Gasteiger partial charge in [-0.25, -0.2) is 0 Å². The Bertz CT molecular complexity index is 865. The third kappa shape index (κ3) is 2.47. The topological polar surface area (TPSA) is 30.9 Å². The third-order valence-corrected chi connectivity index (χ3v) is 4.28. The molecule has 1 aliphatic heterocycles. The van der Waals surface area contributed by atoms with E-state index in [1.165, 1.54) is 0 Å². The van der Waals surface area contributed by atoms with Crippen molar-refractivity contribution < 1.29 is 14.2 Å². The Balaban J connectivity index is 2.04. The molecule has 0 radical (unpaired) electrons. The van der Waals surface area contributed by atoms with Crippen LogP contribution in [-0.2, 0) is 0 Å². The molecule has 1 heterocycles. The van der Waals surface area contributed by atoms with E-state index in [-0.39, 0.29) is 0 Å². The second kappa shape index (κ2) is 6.06. The van der Waals surface area contributed by atoms with Gasteiger partial charge >= 0.3 is 0 Å². The molecule has 3 aromatic rings. The summed E-state index contributed by atoms with van der Waals surface area (Å²) in [5, 5.41) is 0. The van der Waals surface area contributed by atoms with Crippen molar-refractivity contribution in [2.24, 2.45) is 0 Å². The van der Waals surface area contributed by atoms with E-state index in [1.54, 1.807) is 14.2 Å². The van der Waals surface area contributed by atoms with Crippen LogP contribution in [0.25, 0.3) is 0 Å². The Labute approximate surface area is 147 Å². The molecule has 3 aromatic carbocycles. The monoisotopic (exact) mass is 333 g/mol. The summed E-state index contributed by atoms with van der Waals surface area (Å²) >= 11 is 0. The number of hydrogen-bond acceptors (Lipinski definition) is 4. The Kier molecular flexibility index (Phi) is 3.73. The van der Waals surface area contributed by atoms with Crippen LogP contribution in [0.1, 0.15) is 5.56 Å². The highest BCUT2D eigenvalue weighted by Crippen LogP contribution is 2.54. The minimum Gasteiger partial charge on any atom is -0.494 e. The fourth-order valence-corrected chi connectivity index (χ4v) is 3.19. The largest absolute Gasteiger partial charge is 0.494 e. The number of anilines is 3. The molecule has 0 unspecified atom stereocenters. The summed E-state index contributed by atoms with van der Waals surface area (Å²) in [4.78, 5) is 2.13. The Hall–Kier alpha value is -3.14. The molecule has 126 valence electrons. The van der Waals surface area contributed by atoms with Gasteiger partial charge in [0.15, 0.2) is 11.5 Å². The first-order valence-electron chi connectivity index (χ1n) is 8.11. The molecule has 0 spiro atoms. The third-order valence-electron chi connectivity index (χ3n) is 4.28. The number of para-hydroxylation sites is 4. The zero-order valence-corrected chi connectivity index (χ0v) is 14.4. The van der Waals surface area contributed by atoms with E-state index < -0.39 is 0 Å². The summed E-state index contributed by atoms with van der Waals surface area (Å²) in [5.41, 5.74) is 3.83. The van der Waals surface area contributed by atoms with Crippen molar-refractivity contribution in [2.45, 2.75) is 6.92 Å². The van der Waals surface area contributed by atoms with Gasteiger partial charge in [0.2, 0.25) is 0 Å². The minimum atomic E-state index is 0.753. The second-order valence-corrected chi connectivity index (χ2v) is 5.89. The van der Waals surface area contributed by atoms with Gasteiger partial charge in [0, 0.05) is 0 Å². The molecule has 0 saturated carbocycles. The Morgan fingerprint density at radius 2 is 1.24 bits per heavy atom. The lowest BCUT2D eigenvalue weighted by atomic mass is 10.1. The second-order valence-electron chi connectivity index (χ2n) is 5.89. The highest BCUT2D eigenvalue weighted by Gasteiger charge is 2.29. The molecule has 0 aliphatic carbocycles. The summed E-state index contributed by atoms with van der Waals surface area (Å²) in [6.45, 7) is 2.02. The minimum absolute atomic E-state index is 0.753. The predicted octanol–water partition coefficient (Wildman–Crippen LogP) is 5.59. The van der Waals surface area contributed by atoms with E-state index in [0.29, 0.717) is 0 Å². The normalized spacial score (nSPS) is 12.0. The van der Waals surface area contributed by atoms with Gasteiger partial charge in [0.1, 0.15) is 17.2 Å². The van der Waals surface area contributed by atoms with Crippen LogP contribution in [0.4, 0.5) is 17.1 Å². The molecule has 0 fully saturated rings. The van der Waals surface area contributed by atoms with Crippen molar-refractivity contribution >= 4 is 17.1 Å². The molecule has 0 N–H and O–H groups in total. The lowest BCUT2D eigenvalue weighted by molar-refractivity contribution is 0.395. The maximum atomic E-state index is 6.08. The van der Waals surface area contributed by atoms with Gasteiger partial charge in [-0.1, -0.05) is 24.3 Å². The van der Waals surface area contributed by atoms with Crippen molar-refractivity contribution in [3.63, 3.8) is 0 Å². The van der Waals surface area contributed by atoms with E-state index in [1.807, 2.05) is 67.6 Å². The summed E-state index contributed by atoms with van der Waals surface area (Å²) in [6, 6.07) is 19.9. The smallest absolute Gasteiger partial charge is 0.151 e. The van der Waals surface area contributed by atoms with Crippen LogP contribution in [0.15, 0.2) is 60.7 Å². The molecule has 0 saturated heterocycles. The SMILES string of the molecule is COc1cc(C)cc(OC)c1N1c2ccccc2Oc2ccccc21. The number of methoxy groups -OCH3 is 2. The average Bonchev–Trinajstić information content (AvgIpc) is 2.65. The lowest BCUT2D eigenvalue weighted by Crippen LogP contribution is -2.17.